The molecule has 10 rings (SSSR count). The van der Waals surface area contributed by atoms with Crippen molar-refractivity contribution in [1.29, 1.82) is 5.26 Å². The summed E-state index contributed by atoms with van der Waals surface area (Å²) in [6.07, 6.45) is 1.02. The highest BCUT2D eigenvalue weighted by Gasteiger charge is 2.65. The van der Waals surface area contributed by atoms with Crippen LogP contribution in [0, 0.1) is 36.0 Å². The Kier molecular flexibility index (Phi) is 8.99. The summed E-state index contributed by atoms with van der Waals surface area (Å²) in [4.78, 5) is 32.3. The summed E-state index contributed by atoms with van der Waals surface area (Å²) in [5.41, 5.74) is 2.19. The first kappa shape index (κ1) is 36.8. The molecule has 4 fully saturated rings. The summed E-state index contributed by atoms with van der Waals surface area (Å²) in [6, 6.07) is 3.93. The quantitative estimate of drug-likeness (QED) is 0.307. The lowest BCUT2D eigenvalue weighted by Gasteiger charge is -2.66. The summed E-state index contributed by atoms with van der Waals surface area (Å²) >= 11 is 1.53. The third-order valence-electron chi connectivity index (χ3n) is 13.7. The molecule has 15 heteroatoms. The van der Waals surface area contributed by atoms with E-state index in [1.54, 1.807) is 19.2 Å². The minimum absolute atomic E-state index is 0.00991. The number of esters is 2. The number of phenolic OH excluding ortho intramolecular Hbond substituents is 1. The van der Waals surface area contributed by atoms with Gasteiger partial charge in [-0.05, 0) is 68.3 Å². The number of hydrogen-bond acceptors (Lipinski definition) is 15. The number of aliphatic hydroxyl groups excluding tert-OH is 1. The van der Waals surface area contributed by atoms with E-state index in [4.69, 9.17) is 28.4 Å². The Labute approximate surface area is 324 Å². The van der Waals surface area contributed by atoms with Crippen LogP contribution in [0.25, 0.3) is 0 Å². The molecule has 0 amide bonds. The molecule has 1 aliphatic carbocycles. The highest BCUT2D eigenvalue weighted by atomic mass is 32.2. The number of nitrogens with zero attached hydrogens (tertiary/aromatic N) is 3. The Morgan fingerprint density at radius 2 is 1.93 bits per heavy atom. The second-order valence-electron chi connectivity index (χ2n) is 16.3. The molecule has 12 atom stereocenters. The maximum atomic E-state index is 14.8. The summed E-state index contributed by atoms with van der Waals surface area (Å²) in [7, 11) is 5.20. The van der Waals surface area contributed by atoms with Gasteiger partial charge in [-0.1, -0.05) is 6.92 Å². The van der Waals surface area contributed by atoms with E-state index in [2.05, 4.69) is 35.2 Å². The van der Waals surface area contributed by atoms with Crippen molar-refractivity contribution in [3.05, 3.63) is 39.9 Å². The fourth-order valence-electron chi connectivity index (χ4n) is 11.6. The second-order valence-corrected chi connectivity index (χ2v) is 17.4. The lowest BCUT2D eigenvalue weighted by Crippen LogP contribution is -2.77. The predicted molar refractivity (Wildman–Crippen MR) is 198 cm³/mol. The number of nitrogens with one attached hydrogen (secondary N) is 1. The summed E-state index contributed by atoms with van der Waals surface area (Å²) < 4.78 is 36.4. The van der Waals surface area contributed by atoms with Crippen molar-refractivity contribution in [3.8, 4) is 34.8 Å². The van der Waals surface area contributed by atoms with Gasteiger partial charge in [-0.2, -0.15) is 5.26 Å². The van der Waals surface area contributed by atoms with Gasteiger partial charge in [-0.3, -0.25) is 19.9 Å². The number of nitriles is 1. The number of phenols is 1. The number of benzene rings is 2. The molecule has 0 aromatic heterocycles. The average molecular weight is 777 g/mol. The highest BCUT2D eigenvalue weighted by molar-refractivity contribution is 7.99. The number of methoxy groups -OCH3 is 2. The largest absolute Gasteiger partial charge is 0.504 e. The summed E-state index contributed by atoms with van der Waals surface area (Å²) in [5.74, 6) is 0.832. The third-order valence-corrected chi connectivity index (χ3v) is 15.2. The number of piperazine rings is 1. The number of aromatic hydroxyl groups is 1. The number of thioether (sulfide) groups is 1. The number of fused-ring (bicyclic) bond motifs is 9. The first-order valence-corrected chi connectivity index (χ1v) is 20.2. The van der Waals surface area contributed by atoms with Gasteiger partial charge in [-0.15, -0.1) is 11.8 Å². The minimum Gasteiger partial charge on any atom is -0.504 e. The van der Waals surface area contributed by atoms with E-state index >= 15 is 0 Å². The van der Waals surface area contributed by atoms with Crippen LogP contribution in [0.2, 0.25) is 0 Å². The van der Waals surface area contributed by atoms with Gasteiger partial charge < -0.3 is 38.6 Å². The smallest absolute Gasteiger partial charge is 0.331 e. The van der Waals surface area contributed by atoms with Crippen LogP contribution in [-0.4, -0.2) is 115 Å². The van der Waals surface area contributed by atoms with Gasteiger partial charge in [0.1, 0.15) is 18.4 Å². The maximum Gasteiger partial charge on any atom is 0.331 e. The van der Waals surface area contributed by atoms with Crippen LogP contribution in [0.5, 0.6) is 28.7 Å². The number of aliphatic hydroxyl groups is 1. The first-order valence-electron chi connectivity index (χ1n) is 19.1. The summed E-state index contributed by atoms with van der Waals surface area (Å²) in [5, 5.41) is 37.2. The molecular weight excluding hydrogens is 729 g/mol. The fourth-order valence-corrected chi connectivity index (χ4v) is 13.3. The van der Waals surface area contributed by atoms with Crippen LogP contribution in [0.1, 0.15) is 65.8 Å². The molecule has 7 heterocycles. The lowest BCUT2D eigenvalue weighted by atomic mass is 9.59. The van der Waals surface area contributed by atoms with Crippen molar-refractivity contribution >= 4 is 23.7 Å². The Morgan fingerprint density at radius 3 is 2.65 bits per heavy atom. The predicted octanol–water partition coefficient (Wildman–Crippen LogP) is 3.09. The van der Waals surface area contributed by atoms with Crippen molar-refractivity contribution in [2.24, 2.45) is 17.8 Å². The summed E-state index contributed by atoms with van der Waals surface area (Å²) in [6.45, 7) is 5.64. The normalized spacial score (nSPS) is 37.5. The molecule has 8 aliphatic rings. The first-order chi connectivity index (χ1) is 26.4. The van der Waals surface area contributed by atoms with Gasteiger partial charge in [0.2, 0.25) is 6.79 Å². The molecular formula is C40H48N4O10S. The van der Waals surface area contributed by atoms with Crippen molar-refractivity contribution in [2.75, 3.05) is 47.0 Å². The Balaban J connectivity index is 1.30. The van der Waals surface area contributed by atoms with E-state index in [1.165, 1.54) is 25.8 Å². The second kappa shape index (κ2) is 13.4. The zero-order valence-electron chi connectivity index (χ0n) is 31.9. The van der Waals surface area contributed by atoms with Gasteiger partial charge in [0.15, 0.2) is 28.5 Å². The van der Waals surface area contributed by atoms with E-state index in [9.17, 15) is 25.1 Å². The molecule has 4 bridgehead atoms. The van der Waals surface area contributed by atoms with Crippen molar-refractivity contribution in [2.45, 2.75) is 93.2 Å². The molecule has 55 heavy (non-hydrogen) atoms. The molecule has 2 aromatic rings. The lowest BCUT2D eigenvalue weighted by molar-refractivity contribution is -0.198. The SMILES string of the molecule is COc1cc2c(cc1O)CCNC21CSC2c3c(OC(C)=O)c(C)c4c(c3C(COC1=O)N1C(C#N)C3CC5CC(C)C(OC)C(O)C5C(C21)N3C)OCO4. The molecule has 7 aliphatic heterocycles. The third kappa shape index (κ3) is 5.17. The van der Waals surface area contributed by atoms with Crippen molar-refractivity contribution in [1.82, 2.24) is 15.1 Å². The number of carbonyl (C=O) groups excluding carboxylic acids is 2. The van der Waals surface area contributed by atoms with Gasteiger partial charge >= 0.3 is 11.9 Å². The number of ether oxygens (including phenoxy) is 6. The van der Waals surface area contributed by atoms with E-state index in [0.29, 0.717) is 46.9 Å². The van der Waals surface area contributed by atoms with E-state index in [1.807, 2.05) is 6.92 Å². The molecule has 3 saturated heterocycles. The molecule has 12 unspecified atom stereocenters. The van der Waals surface area contributed by atoms with Gasteiger partial charge in [-0.25, -0.2) is 4.79 Å². The molecule has 1 saturated carbocycles. The van der Waals surface area contributed by atoms with E-state index < -0.39 is 47.0 Å². The van der Waals surface area contributed by atoms with Crippen LogP contribution in [-0.2, 0) is 31.0 Å². The Morgan fingerprint density at radius 1 is 1.15 bits per heavy atom. The van der Waals surface area contributed by atoms with Crippen LogP contribution >= 0.6 is 11.8 Å². The van der Waals surface area contributed by atoms with Crippen LogP contribution in [0.4, 0.5) is 0 Å². The maximum absolute atomic E-state index is 14.8. The Bertz CT molecular complexity index is 1990. The molecule has 14 nitrogen and oxygen atoms in total. The van der Waals surface area contributed by atoms with E-state index in [-0.39, 0.29) is 66.6 Å². The zero-order chi connectivity index (χ0) is 38.7. The van der Waals surface area contributed by atoms with Gasteiger partial charge in [0, 0.05) is 67.1 Å². The van der Waals surface area contributed by atoms with Crippen LogP contribution in [0.15, 0.2) is 12.1 Å². The molecule has 2 aromatic carbocycles. The number of hydrogen-bond donors (Lipinski definition) is 3. The standard InChI is InChI=1S/C40H48N4O10S/c1-17-9-21-10-23-24(13-41)44-25-14-51-39(48)40(22-12-27(49-5)26(46)11-20(22)7-8-42-40)15-55-38(32(44)31(43(23)4)28(21)33(47)34(17)50-6)30-29(25)37-36(52-16-53-37)18(2)35(30)54-19(3)45/h11-12,17,21,23-25,28,31-34,38,42,46-47H,7-10,14-16H2,1-6H3. The molecule has 3 N–H and O–H groups in total. The van der Waals surface area contributed by atoms with Crippen LogP contribution in [0.3, 0.4) is 0 Å². The highest BCUT2D eigenvalue weighted by Crippen LogP contribution is 2.64. The molecule has 294 valence electrons. The molecule has 0 radical (unpaired) electrons. The Hall–Kier alpha value is -3.78. The number of piperidine rings is 1. The average Bonchev–Trinajstić information content (AvgIpc) is 3.65. The monoisotopic (exact) mass is 776 g/mol. The number of rotatable bonds is 3. The fraction of sp³-hybridized carbons (Fsp3) is 0.625. The topological polar surface area (TPSA) is 172 Å². The number of carbonyl (C=O) groups is 2. The van der Waals surface area contributed by atoms with Crippen molar-refractivity contribution < 1.29 is 48.2 Å². The van der Waals surface area contributed by atoms with E-state index in [0.717, 1.165) is 24.0 Å². The minimum atomic E-state index is -1.33. The van der Waals surface area contributed by atoms with Crippen LogP contribution < -0.4 is 24.3 Å². The molecule has 1 spiro atoms. The zero-order valence-corrected chi connectivity index (χ0v) is 32.7. The number of likely N-dealkylation sites (N-methyl/N-ethyl adjacent to an activating group) is 1. The van der Waals surface area contributed by atoms with Gasteiger partial charge in [0.25, 0.3) is 0 Å². The van der Waals surface area contributed by atoms with Gasteiger partial charge in [0.05, 0.1) is 36.7 Å². The van der Waals surface area contributed by atoms with Crippen molar-refractivity contribution in [3.63, 3.8) is 0 Å².